The molecule has 2 aliphatic heterocycles. The summed E-state index contributed by atoms with van der Waals surface area (Å²) in [6.45, 7) is 13.9. The van der Waals surface area contributed by atoms with E-state index in [-0.39, 0.29) is 37.3 Å². The van der Waals surface area contributed by atoms with Gasteiger partial charge in [-0.1, -0.05) is 35.9 Å². The molecule has 0 saturated carbocycles. The van der Waals surface area contributed by atoms with Crippen molar-refractivity contribution in [2.75, 3.05) is 39.3 Å². The maximum absolute atomic E-state index is 13.3. The molecule has 4 amide bonds. The first kappa shape index (κ1) is 27.5. The molecule has 1 aromatic carbocycles. The van der Waals surface area contributed by atoms with Crippen molar-refractivity contribution in [1.82, 2.24) is 25.3 Å². The molecule has 2 heterocycles. The van der Waals surface area contributed by atoms with E-state index in [1.807, 2.05) is 31.7 Å². The van der Waals surface area contributed by atoms with Crippen LogP contribution in [0, 0.1) is 0 Å². The fraction of sp³-hybridized carbons (Fsp3) is 0.500. The Balaban J connectivity index is 1.98. The van der Waals surface area contributed by atoms with E-state index in [4.69, 9.17) is 16.3 Å². The third kappa shape index (κ3) is 6.20. The lowest BCUT2D eigenvalue weighted by atomic mass is 9.94. The number of rotatable bonds is 8. The molecule has 1 fully saturated rings. The molecule has 196 valence electrons. The number of nitrogens with one attached hydrogen (secondary N) is 2. The van der Waals surface area contributed by atoms with Crippen molar-refractivity contribution in [3.63, 3.8) is 0 Å². The molecule has 9 nitrogen and oxygen atoms in total. The summed E-state index contributed by atoms with van der Waals surface area (Å²) in [5.41, 5.74) is 1.52. The second kappa shape index (κ2) is 12.3. The lowest BCUT2D eigenvalue weighted by Gasteiger charge is -2.43. The summed E-state index contributed by atoms with van der Waals surface area (Å²) in [5.74, 6) is -0.505. The number of hydrogen-bond acceptors (Lipinski definition) is 5. The number of urea groups is 2. The Morgan fingerprint density at radius 2 is 2.03 bits per heavy atom. The summed E-state index contributed by atoms with van der Waals surface area (Å²) in [6.07, 6.45) is 1.62. The molecule has 1 saturated heterocycles. The van der Waals surface area contributed by atoms with Crippen molar-refractivity contribution in [1.29, 1.82) is 0 Å². The molecule has 0 bridgehead atoms. The third-order valence-corrected chi connectivity index (χ3v) is 6.56. The number of ether oxygens (including phenoxy) is 1. The number of hydrogen-bond donors (Lipinski definition) is 2. The van der Waals surface area contributed by atoms with E-state index in [1.54, 1.807) is 31.2 Å². The topological polar surface area (TPSA) is 94.2 Å². The van der Waals surface area contributed by atoms with Gasteiger partial charge >= 0.3 is 18.0 Å². The number of carbonyl (C=O) groups excluding carboxylic acids is 3. The van der Waals surface area contributed by atoms with Crippen LogP contribution in [0.5, 0.6) is 0 Å². The average Bonchev–Trinajstić information content (AvgIpc) is 2.81. The first-order valence-corrected chi connectivity index (χ1v) is 12.7. The maximum atomic E-state index is 13.3. The van der Waals surface area contributed by atoms with E-state index in [0.29, 0.717) is 48.0 Å². The van der Waals surface area contributed by atoms with Crippen molar-refractivity contribution < 1.29 is 19.1 Å². The first-order chi connectivity index (χ1) is 17.2. The van der Waals surface area contributed by atoms with Crippen LogP contribution in [-0.4, -0.2) is 84.1 Å². The molecule has 3 rings (SSSR count). The van der Waals surface area contributed by atoms with Crippen LogP contribution in [0.4, 0.5) is 9.59 Å². The Labute approximate surface area is 218 Å². The monoisotopic (exact) mass is 517 g/mol. The molecule has 36 heavy (non-hydrogen) atoms. The number of benzene rings is 1. The zero-order valence-electron chi connectivity index (χ0n) is 21.4. The Kier molecular flexibility index (Phi) is 9.39. The van der Waals surface area contributed by atoms with Gasteiger partial charge in [-0.3, -0.25) is 9.80 Å². The van der Waals surface area contributed by atoms with Gasteiger partial charge in [0.05, 0.1) is 18.2 Å². The highest BCUT2D eigenvalue weighted by Crippen LogP contribution is 2.35. The molecule has 10 heteroatoms. The minimum Gasteiger partial charge on any atom is -0.463 e. The zero-order chi connectivity index (χ0) is 26.4. The molecule has 2 N–H and O–H groups in total. The van der Waals surface area contributed by atoms with E-state index < -0.39 is 12.0 Å². The molecule has 0 spiro atoms. The lowest BCUT2D eigenvalue weighted by Crippen LogP contribution is -2.58. The Morgan fingerprint density at radius 1 is 1.31 bits per heavy atom. The van der Waals surface area contributed by atoms with Crippen LogP contribution in [0.2, 0.25) is 5.02 Å². The summed E-state index contributed by atoms with van der Waals surface area (Å²) >= 11 is 6.48. The van der Waals surface area contributed by atoms with E-state index in [9.17, 15) is 14.4 Å². The highest BCUT2D eigenvalue weighted by Gasteiger charge is 2.40. The average molecular weight is 518 g/mol. The molecule has 0 aromatic heterocycles. The summed E-state index contributed by atoms with van der Waals surface area (Å²) in [7, 11) is 0. The number of carbonyl (C=O) groups is 3. The second-order valence-electron chi connectivity index (χ2n) is 9.27. The fourth-order valence-electron chi connectivity index (χ4n) is 4.61. The minimum atomic E-state index is -0.753. The predicted octanol–water partition coefficient (Wildman–Crippen LogP) is 3.53. The molecular weight excluding hydrogens is 482 g/mol. The van der Waals surface area contributed by atoms with E-state index in [2.05, 4.69) is 22.1 Å². The van der Waals surface area contributed by atoms with E-state index >= 15 is 0 Å². The maximum Gasteiger partial charge on any atom is 0.338 e. The Hall–Kier alpha value is -3.04. The molecule has 0 radical (unpaired) electrons. The summed E-state index contributed by atoms with van der Waals surface area (Å²) < 4.78 is 5.44. The highest BCUT2D eigenvalue weighted by molar-refractivity contribution is 6.31. The normalized spacial score (nSPS) is 20.9. The second-order valence-corrected chi connectivity index (χ2v) is 9.67. The predicted molar refractivity (Wildman–Crippen MR) is 140 cm³/mol. The standard InChI is InChI=1S/C26H36ClN5O4/c1-6-12-32-21(16-30-13-14-31(18(5)15-30)25(34)28-17(3)4)22(24(33)36-7-2)23(29-26(32)35)19-10-8-9-11-20(19)27/h6,8-11,17-18,23H,1,7,12-16H2,2-5H3,(H,28,34)(H,29,35)/t18-,23+/m0/s1. The molecule has 0 aliphatic carbocycles. The number of piperazine rings is 1. The van der Waals surface area contributed by atoms with Gasteiger partial charge in [-0.15, -0.1) is 6.58 Å². The van der Waals surface area contributed by atoms with Crippen LogP contribution in [0.1, 0.15) is 39.3 Å². The quantitative estimate of drug-likeness (QED) is 0.406. The van der Waals surface area contributed by atoms with Gasteiger partial charge in [0.15, 0.2) is 0 Å². The molecular formula is C26H36ClN5O4. The lowest BCUT2D eigenvalue weighted by molar-refractivity contribution is -0.139. The van der Waals surface area contributed by atoms with Crippen LogP contribution in [0.25, 0.3) is 0 Å². The third-order valence-electron chi connectivity index (χ3n) is 6.22. The van der Waals surface area contributed by atoms with Crippen molar-refractivity contribution in [3.8, 4) is 0 Å². The van der Waals surface area contributed by atoms with Crippen molar-refractivity contribution in [2.45, 2.75) is 45.8 Å². The van der Waals surface area contributed by atoms with Crippen LogP contribution in [-0.2, 0) is 9.53 Å². The van der Waals surface area contributed by atoms with Gasteiger partial charge in [-0.2, -0.15) is 0 Å². The smallest absolute Gasteiger partial charge is 0.338 e. The van der Waals surface area contributed by atoms with Gasteiger partial charge < -0.3 is 20.3 Å². The van der Waals surface area contributed by atoms with Crippen LogP contribution >= 0.6 is 11.6 Å². The zero-order valence-corrected chi connectivity index (χ0v) is 22.2. The molecule has 2 aliphatic rings. The van der Waals surface area contributed by atoms with Gasteiger partial charge in [-0.25, -0.2) is 14.4 Å². The van der Waals surface area contributed by atoms with Gasteiger partial charge in [-0.05, 0) is 39.3 Å². The van der Waals surface area contributed by atoms with Gasteiger partial charge in [0.2, 0.25) is 0 Å². The van der Waals surface area contributed by atoms with E-state index in [1.165, 1.54) is 4.90 Å². The van der Waals surface area contributed by atoms with Gasteiger partial charge in [0.25, 0.3) is 0 Å². The number of nitrogens with zero attached hydrogens (tertiary/aromatic N) is 3. The van der Waals surface area contributed by atoms with Crippen LogP contribution < -0.4 is 10.6 Å². The number of amides is 4. The van der Waals surface area contributed by atoms with Gasteiger partial charge in [0, 0.05) is 55.5 Å². The highest BCUT2D eigenvalue weighted by atomic mass is 35.5. The number of esters is 1. The summed E-state index contributed by atoms with van der Waals surface area (Å²) in [5, 5.41) is 6.32. The minimum absolute atomic E-state index is 0.0474. The summed E-state index contributed by atoms with van der Waals surface area (Å²) in [6, 6.07) is 5.95. The van der Waals surface area contributed by atoms with Crippen molar-refractivity contribution in [2.24, 2.45) is 0 Å². The SMILES string of the molecule is C=CCN1C(=O)N[C@H](c2ccccc2Cl)C(C(=O)OCC)=C1CN1CCN(C(=O)NC(C)C)[C@@H](C)C1. The van der Waals surface area contributed by atoms with Crippen molar-refractivity contribution in [3.05, 3.63) is 58.8 Å². The number of halogens is 1. The molecule has 2 atom stereocenters. The Bertz CT molecular complexity index is 1030. The van der Waals surface area contributed by atoms with Crippen LogP contribution in [0.15, 0.2) is 48.2 Å². The van der Waals surface area contributed by atoms with Crippen molar-refractivity contribution >= 4 is 29.6 Å². The molecule has 0 unspecified atom stereocenters. The Morgan fingerprint density at radius 3 is 2.64 bits per heavy atom. The van der Waals surface area contributed by atoms with Crippen LogP contribution in [0.3, 0.4) is 0 Å². The molecule has 1 aromatic rings. The summed E-state index contributed by atoms with van der Waals surface area (Å²) in [4.78, 5) is 44.6. The largest absolute Gasteiger partial charge is 0.463 e. The first-order valence-electron chi connectivity index (χ1n) is 12.3. The fourth-order valence-corrected chi connectivity index (χ4v) is 4.85. The van der Waals surface area contributed by atoms with E-state index in [0.717, 1.165) is 0 Å². The van der Waals surface area contributed by atoms with Gasteiger partial charge in [0.1, 0.15) is 0 Å².